The molecule has 0 aromatic carbocycles. The topological polar surface area (TPSA) is 73.6 Å². The molecule has 0 rings (SSSR count). The Morgan fingerprint density at radius 1 is 1.09 bits per heavy atom. The molecule has 0 aliphatic carbocycles. The van der Waals surface area contributed by atoms with Crippen molar-refractivity contribution < 1.29 is 0 Å². The van der Waals surface area contributed by atoms with Gasteiger partial charge in [0, 0.05) is 0 Å². The predicted octanol–water partition coefficient (Wildman–Crippen LogP) is 1.17. The van der Waals surface area contributed by atoms with E-state index in [9.17, 15) is 0 Å². The maximum atomic E-state index is 8.39. The van der Waals surface area contributed by atoms with Crippen LogP contribution in [0.2, 0.25) is 0 Å². The second-order valence-corrected chi connectivity index (χ2v) is 2.45. The van der Waals surface area contributed by atoms with Gasteiger partial charge in [-0.2, -0.15) is 10.5 Å². The van der Waals surface area contributed by atoms with Crippen LogP contribution in [0.1, 0.15) is 25.7 Å². The third kappa shape index (κ3) is 5.39. The van der Waals surface area contributed by atoms with Gasteiger partial charge in [0.05, 0.1) is 12.1 Å². The summed E-state index contributed by atoms with van der Waals surface area (Å²) in [6.07, 6.45) is 3.63. The first kappa shape index (κ1) is 9.94. The molecule has 60 valence electrons. The summed E-state index contributed by atoms with van der Waals surface area (Å²) in [6.45, 7) is 0.698. The first-order valence-corrected chi connectivity index (χ1v) is 3.84. The number of nitriles is 2. The standard InChI is InChI=1S/C8H13N3/c9-5-3-1-2-4-8(6-10)7-11/h8H,1-5,9H2. The zero-order valence-electron chi connectivity index (χ0n) is 6.58. The number of hydrogen-bond acceptors (Lipinski definition) is 3. The van der Waals surface area contributed by atoms with Crippen LogP contribution in [-0.4, -0.2) is 6.54 Å². The van der Waals surface area contributed by atoms with Gasteiger partial charge in [-0.15, -0.1) is 0 Å². The quantitative estimate of drug-likeness (QED) is 0.599. The van der Waals surface area contributed by atoms with Crippen LogP contribution in [-0.2, 0) is 0 Å². The van der Waals surface area contributed by atoms with Crippen molar-refractivity contribution in [1.29, 1.82) is 10.5 Å². The zero-order chi connectivity index (χ0) is 8.53. The minimum atomic E-state index is -0.423. The summed E-state index contributed by atoms with van der Waals surface area (Å²) in [7, 11) is 0. The molecule has 0 fully saturated rings. The molecule has 0 aliphatic heterocycles. The molecular weight excluding hydrogens is 138 g/mol. The molecule has 0 bridgehead atoms. The molecule has 0 heterocycles. The number of nitrogens with zero attached hydrogens (tertiary/aromatic N) is 2. The Morgan fingerprint density at radius 3 is 2.18 bits per heavy atom. The van der Waals surface area contributed by atoms with Crippen molar-refractivity contribution in [3.8, 4) is 12.1 Å². The van der Waals surface area contributed by atoms with E-state index in [0.717, 1.165) is 19.3 Å². The molecule has 0 unspecified atom stereocenters. The minimum Gasteiger partial charge on any atom is -0.330 e. The highest BCUT2D eigenvalue weighted by molar-refractivity contribution is 4.98. The normalized spacial score (nSPS) is 9.09. The van der Waals surface area contributed by atoms with Gasteiger partial charge in [0.1, 0.15) is 5.92 Å². The van der Waals surface area contributed by atoms with Crippen LogP contribution in [0.25, 0.3) is 0 Å². The highest BCUT2D eigenvalue weighted by Gasteiger charge is 2.02. The van der Waals surface area contributed by atoms with Crippen molar-refractivity contribution >= 4 is 0 Å². The number of unbranched alkanes of at least 4 members (excludes halogenated alkanes) is 2. The van der Waals surface area contributed by atoms with E-state index in [1.807, 2.05) is 12.1 Å². The lowest BCUT2D eigenvalue weighted by molar-refractivity contribution is 0.611. The van der Waals surface area contributed by atoms with Gasteiger partial charge in [-0.1, -0.05) is 12.8 Å². The predicted molar refractivity (Wildman–Crippen MR) is 42.2 cm³/mol. The third-order valence-electron chi connectivity index (χ3n) is 1.51. The maximum Gasteiger partial charge on any atom is 0.133 e. The van der Waals surface area contributed by atoms with Gasteiger partial charge in [-0.05, 0) is 19.4 Å². The summed E-state index contributed by atoms with van der Waals surface area (Å²) in [5.74, 6) is -0.423. The van der Waals surface area contributed by atoms with E-state index in [-0.39, 0.29) is 0 Å². The molecule has 0 saturated heterocycles. The van der Waals surface area contributed by atoms with E-state index < -0.39 is 5.92 Å². The summed E-state index contributed by atoms with van der Waals surface area (Å²) < 4.78 is 0. The van der Waals surface area contributed by atoms with E-state index in [1.54, 1.807) is 0 Å². The van der Waals surface area contributed by atoms with Crippen LogP contribution in [0.4, 0.5) is 0 Å². The SMILES string of the molecule is N#CC(C#N)CCCCCN. The molecule has 2 N–H and O–H groups in total. The molecule has 0 aromatic heterocycles. The average molecular weight is 151 g/mol. The average Bonchev–Trinajstić information content (AvgIpc) is 2.05. The molecule has 0 radical (unpaired) electrons. The molecule has 0 aromatic rings. The van der Waals surface area contributed by atoms with E-state index in [1.165, 1.54) is 0 Å². The Labute approximate surface area is 67.4 Å². The largest absolute Gasteiger partial charge is 0.330 e. The van der Waals surface area contributed by atoms with Crippen LogP contribution in [0.3, 0.4) is 0 Å². The van der Waals surface area contributed by atoms with Gasteiger partial charge in [-0.25, -0.2) is 0 Å². The third-order valence-corrected chi connectivity index (χ3v) is 1.51. The molecule has 3 nitrogen and oxygen atoms in total. The summed E-state index contributed by atoms with van der Waals surface area (Å²) in [5.41, 5.74) is 5.28. The van der Waals surface area contributed by atoms with Crippen molar-refractivity contribution in [2.75, 3.05) is 6.54 Å². The Morgan fingerprint density at radius 2 is 1.73 bits per heavy atom. The van der Waals surface area contributed by atoms with Crippen molar-refractivity contribution in [2.24, 2.45) is 11.7 Å². The summed E-state index contributed by atoms with van der Waals surface area (Å²) in [4.78, 5) is 0. The van der Waals surface area contributed by atoms with Gasteiger partial charge in [0.15, 0.2) is 0 Å². The van der Waals surface area contributed by atoms with Crippen LogP contribution in [0.15, 0.2) is 0 Å². The fourth-order valence-electron chi connectivity index (χ4n) is 0.828. The Kier molecular flexibility index (Phi) is 6.37. The highest BCUT2D eigenvalue weighted by atomic mass is 14.5. The molecule has 0 aliphatic rings. The van der Waals surface area contributed by atoms with Crippen molar-refractivity contribution in [2.45, 2.75) is 25.7 Å². The van der Waals surface area contributed by atoms with Gasteiger partial charge in [-0.3, -0.25) is 0 Å². The first-order chi connectivity index (χ1) is 5.35. The lowest BCUT2D eigenvalue weighted by atomic mass is 10.0. The Balaban J connectivity index is 3.25. The van der Waals surface area contributed by atoms with E-state index in [4.69, 9.17) is 16.3 Å². The lowest BCUT2D eigenvalue weighted by Gasteiger charge is -1.98. The molecule has 0 saturated carbocycles. The number of nitrogens with two attached hydrogens (primary N) is 1. The van der Waals surface area contributed by atoms with Gasteiger partial charge < -0.3 is 5.73 Å². The Bertz CT molecular complexity index is 149. The smallest absolute Gasteiger partial charge is 0.133 e. The highest BCUT2D eigenvalue weighted by Crippen LogP contribution is 2.07. The van der Waals surface area contributed by atoms with Crippen molar-refractivity contribution in [3.05, 3.63) is 0 Å². The fourth-order valence-corrected chi connectivity index (χ4v) is 0.828. The van der Waals surface area contributed by atoms with Crippen LogP contribution >= 0.6 is 0 Å². The maximum absolute atomic E-state index is 8.39. The second-order valence-electron chi connectivity index (χ2n) is 2.45. The van der Waals surface area contributed by atoms with Gasteiger partial charge in [0.25, 0.3) is 0 Å². The van der Waals surface area contributed by atoms with Gasteiger partial charge >= 0.3 is 0 Å². The molecular formula is C8H13N3. The molecule has 0 spiro atoms. The summed E-state index contributed by atoms with van der Waals surface area (Å²) in [5, 5.41) is 16.8. The van der Waals surface area contributed by atoms with E-state index in [0.29, 0.717) is 13.0 Å². The van der Waals surface area contributed by atoms with E-state index in [2.05, 4.69) is 0 Å². The molecule has 3 heteroatoms. The Hall–Kier alpha value is -1.06. The lowest BCUT2D eigenvalue weighted by Crippen LogP contribution is -1.99. The number of rotatable bonds is 5. The summed E-state index contributed by atoms with van der Waals surface area (Å²) >= 11 is 0. The van der Waals surface area contributed by atoms with Crippen LogP contribution in [0.5, 0.6) is 0 Å². The minimum absolute atomic E-state index is 0.423. The molecule has 0 atom stereocenters. The van der Waals surface area contributed by atoms with Gasteiger partial charge in [0.2, 0.25) is 0 Å². The first-order valence-electron chi connectivity index (χ1n) is 3.84. The molecule has 11 heavy (non-hydrogen) atoms. The monoisotopic (exact) mass is 151 g/mol. The second kappa shape index (κ2) is 7.05. The van der Waals surface area contributed by atoms with Crippen molar-refractivity contribution in [3.63, 3.8) is 0 Å². The van der Waals surface area contributed by atoms with Crippen LogP contribution < -0.4 is 5.73 Å². The summed E-state index contributed by atoms with van der Waals surface area (Å²) in [6, 6.07) is 3.87. The van der Waals surface area contributed by atoms with Crippen LogP contribution in [0, 0.1) is 28.6 Å². The van der Waals surface area contributed by atoms with Crippen molar-refractivity contribution in [1.82, 2.24) is 0 Å². The zero-order valence-corrected chi connectivity index (χ0v) is 6.58. The fraction of sp³-hybridized carbons (Fsp3) is 0.750. The molecule has 0 amide bonds. The van der Waals surface area contributed by atoms with E-state index >= 15 is 0 Å². The number of hydrogen-bond donors (Lipinski definition) is 1.